The van der Waals surface area contributed by atoms with Gasteiger partial charge in [0.25, 0.3) is 9.05 Å². The molecule has 1 aromatic rings. The van der Waals surface area contributed by atoms with Crippen molar-refractivity contribution < 1.29 is 12.8 Å². The van der Waals surface area contributed by atoms with E-state index in [1.165, 1.54) is 13.0 Å². The van der Waals surface area contributed by atoms with Gasteiger partial charge in [-0.05, 0) is 31.4 Å². The number of hydrogen-bond donors (Lipinski definition) is 0. The molecule has 1 aliphatic carbocycles. The molecule has 2 rings (SSSR count). The zero-order valence-electron chi connectivity index (χ0n) is 8.78. The van der Waals surface area contributed by atoms with E-state index in [4.69, 9.17) is 10.7 Å². The molecular formula is C11H12ClFO2S. The summed E-state index contributed by atoms with van der Waals surface area (Å²) in [6.45, 7) is 1.46. The number of halogens is 2. The van der Waals surface area contributed by atoms with E-state index in [1.807, 2.05) is 0 Å². The van der Waals surface area contributed by atoms with Crippen molar-refractivity contribution in [3.05, 3.63) is 29.8 Å². The normalized spacial score (nSPS) is 20.4. The number of hydrogen-bond acceptors (Lipinski definition) is 2. The summed E-state index contributed by atoms with van der Waals surface area (Å²) in [6, 6.07) is 6.39. The fraction of sp³-hybridized carbons (Fsp3) is 0.455. The van der Waals surface area contributed by atoms with E-state index in [2.05, 4.69) is 0 Å². The maximum Gasteiger partial charge on any atom is 0.261 e. The summed E-state index contributed by atoms with van der Waals surface area (Å²) >= 11 is 0. The molecule has 1 aliphatic rings. The molecule has 1 saturated carbocycles. The molecule has 1 aromatic carbocycles. The van der Waals surface area contributed by atoms with E-state index in [1.54, 1.807) is 18.2 Å². The van der Waals surface area contributed by atoms with Gasteiger partial charge in [0.05, 0.1) is 4.90 Å². The quantitative estimate of drug-likeness (QED) is 0.785. The lowest BCUT2D eigenvalue weighted by Crippen LogP contribution is -2.20. The highest BCUT2D eigenvalue weighted by Gasteiger charge is 2.51. The Bertz CT molecular complexity index is 506. The van der Waals surface area contributed by atoms with Gasteiger partial charge in [0, 0.05) is 16.1 Å². The lowest BCUT2D eigenvalue weighted by atomic mass is 9.92. The molecule has 0 heterocycles. The van der Waals surface area contributed by atoms with Crippen molar-refractivity contribution in [3.63, 3.8) is 0 Å². The summed E-state index contributed by atoms with van der Waals surface area (Å²) < 4.78 is 36.3. The minimum absolute atomic E-state index is 0.0404. The zero-order chi connectivity index (χ0) is 12.0. The second-order valence-electron chi connectivity index (χ2n) is 4.21. The molecule has 0 saturated heterocycles. The van der Waals surface area contributed by atoms with Crippen molar-refractivity contribution in [3.8, 4) is 0 Å². The fourth-order valence-electron chi connectivity index (χ4n) is 2.11. The van der Waals surface area contributed by atoms with Gasteiger partial charge in [-0.15, -0.1) is 0 Å². The molecule has 88 valence electrons. The minimum Gasteiger partial charge on any atom is -0.247 e. The zero-order valence-corrected chi connectivity index (χ0v) is 10.4. The second kappa shape index (κ2) is 3.70. The molecule has 0 aromatic heterocycles. The molecule has 0 spiro atoms. The van der Waals surface area contributed by atoms with Crippen LogP contribution < -0.4 is 0 Å². The highest BCUT2D eigenvalue weighted by molar-refractivity contribution is 8.13. The van der Waals surface area contributed by atoms with Crippen molar-refractivity contribution >= 4 is 19.7 Å². The largest absolute Gasteiger partial charge is 0.261 e. The maximum atomic E-state index is 13.6. The van der Waals surface area contributed by atoms with E-state index in [0.717, 1.165) is 0 Å². The average Bonchev–Trinajstić information content (AvgIpc) is 2.97. The Labute approximate surface area is 98.8 Å². The van der Waals surface area contributed by atoms with Crippen molar-refractivity contribution in [1.82, 2.24) is 0 Å². The van der Waals surface area contributed by atoms with Crippen LogP contribution in [0.4, 0.5) is 4.39 Å². The van der Waals surface area contributed by atoms with Gasteiger partial charge in [0.15, 0.2) is 0 Å². The van der Waals surface area contributed by atoms with Gasteiger partial charge in [-0.25, -0.2) is 12.8 Å². The molecular weight excluding hydrogens is 251 g/mol. The first-order chi connectivity index (χ1) is 7.38. The molecule has 1 unspecified atom stereocenters. The van der Waals surface area contributed by atoms with Crippen LogP contribution in [0, 0.1) is 0 Å². The molecule has 0 bridgehead atoms. The summed E-state index contributed by atoms with van der Waals surface area (Å²) in [7, 11) is 1.55. The number of alkyl halides is 1. The van der Waals surface area contributed by atoms with Crippen LogP contribution in [0.15, 0.2) is 29.2 Å². The summed E-state index contributed by atoms with van der Waals surface area (Å²) in [4.78, 5) is 0.0404. The lowest BCUT2D eigenvalue weighted by molar-refractivity contribution is 0.288. The Morgan fingerprint density at radius 1 is 1.38 bits per heavy atom. The fourth-order valence-corrected chi connectivity index (χ4v) is 3.29. The van der Waals surface area contributed by atoms with Crippen LogP contribution in [0.25, 0.3) is 0 Å². The predicted molar refractivity (Wildman–Crippen MR) is 61.0 cm³/mol. The SMILES string of the molecule is CC(F)C1(c2ccccc2S(=O)(=O)Cl)CC1. The Hall–Kier alpha value is -0.610. The number of benzene rings is 1. The van der Waals surface area contributed by atoms with Gasteiger partial charge in [0.1, 0.15) is 6.17 Å². The van der Waals surface area contributed by atoms with E-state index in [9.17, 15) is 12.8 Å². The van der Waals surface area contributed by atoms with Crippen molar-refractivity contribution in [2.24, 2.45) is 0 Å². The van der Waals surface area contributed by atoms with E-state index < -0.39 is 20.6 Å². The molecule has 0 radical (unpaired) electrons. The maximum absolute atomic E-state index is 13.6. The predicted octanol–water partition coefficient (Wildman–Crippen LogP) is 3.00. The van der Waals surface area contributed by atoms with Crippen molar-refractivity contribution in [2.45, 2.75) is 36.2 Å². The Balaban J connectivity index is 2.59. The first kappa shape index (κ1) is 11.9. The van der Waals surface area contributed by atoms with Crippen LogP contribution in [-0.2, 0) is 14.5 Å². The van der Waals surface area contributed by atoms with Crippen LogP contribution in [0.1, 0.15) is 25.3 Å². The average molecular weight is 263 g/mol. The summed E-state index contributed by atoms with van der Waals surface area (Å²) in [5, 5.41) is 0. The Morgan fingerprint density at radius 2 is 1.94 bits per heavy atom. The third-order valence-corrected chi connectivity index (χ3v) is 4.62. The highest BCUT2D eigenvalue weighted by Crippen LogP contribution is 2.53. The van der Waals surface area contributed by atoms with Gasteiger partial charge in [0.2, 0.25) is 0 Å². The molecule has 1 atom stereocenters. The molecule has 1 fully saturated rings. The van der Waals surface area contributed by atoms with Crippen LogP contribution >= 0.6 is 10.7 Å². The van der Waals surface area contributed by atoms with Gasteiger partial charge in [-0.2, -0.15) is 0 Å². The molecule has 5 heteroatoms. The minimum atomic E-state index is -3.80. The first-order valence-electron chi connectivity index (χ1n) is 5.06. The Morgan fingerprint density at radius 3 is 2.38 bits per heavy atom. The van der Waals surface area contributed by atoms with E-state index in [-0.39, 0.29) is 4.90 Å². The monoisotopic (exact) mass is 262 g/mol. The van der Waals surface area contributed by atoms with Crippen LogP contribution in [0.5, 0.6) is 0 Å². The van der Waals surface area contributed by atoms with Crippen LogP contribution in [0.3, 0.4) is 0 Å². The molecule has 0 aliphatic heterocycles. The van der Waals surface area contributed by atoms with Gasteiger partial charge >= 0.3 is 0 Å². The smallest absolute Gasteiger partial charge is 0.247 e. The summed E-state index contributed by atoms with van der Waals surface area (Å²) in [5.41, 5.74) is -0.126. The van der Waals surface area contributed by atoms with Gasteiger partial charge in [-0.1, -0.05) is 18.2 Å². The van der Waals surface area contributed by atoms with Crippen LogP contribution in [0.2, 0.25) is 0 Å². The highest BCUT2D eigenvalue weighted by atomic mass is 35.7. The van der Waals surface area contributed by atoms with E-state index in [0.29, 0.717) is 18.4 Å². The standard InChI is InChI=1S/C11H12ClFO2S/c1-8(13)11(6-7-11)9-4-2-3-5-10(9)16(12,14)15/h2-5,8H,6-7H2,1H3. The third-order valence-electron chi connectivity index (χ3n) is 3.24. The molecule has 16 heavy (non-hydrogen) atoms. The molecule has 0 amide bonds. The second-order valence-corrected chi connectivity index (χ2v) is 6.74. The third kappa shape index (κ3) is 1.84. The number of rotatable bonds is 3. The van der Waals surface area contributed by atoms with Crippen LogP contribution in [-0.4, -0.2) is 14.6 Å². The van der Waals surface area contributed by atoms with Gasteiger partial charge in [-0.3, -0.25) is 0 Å². The van der Waals surface area contributed by atoms with Crippen molar-refractivity contribution in [1.29, 1.82) is 0 Å². The van der Waals surface area contributed by atoms with Crippen molar-refractivity contribution in [2.75, 3.05) is 0 Å². The first-order valence-corrected chi connectivity index (χ1v) is 7.37. The molecule has 2 nitrogen and oxygen atoms in total. The van der Waals surface area contributed by atoms with E-state index >= 15 is 0 Å². The Kier molecular flexibility index (Phi) is 2.75. The molecule has 0 N–H and O–H groups in total. The summed E-state index contributed by atoms with van der Waals surface area (Å²) in [6.07, 6.45) is 0.286. The summed E-state index contributed by atoms with van der Waals surface area (Å²) in [5.74, 6) is 0. The topological polar surface area (TPSA) is 34.1 Å². The lowest BCUT2D eigenvalue weighted by Gasteiger charge is -2.19. The van der Waals surface area contributed by atoms with Gasteiger partial charge < -0.3 is 0 Å².